The molecule has 4 heteroatoms. The van der Waals surface area contributed by atoms with Gasteiger partial charge in [0.1, 0.15) is 0 Å². The quantitative estimate of drug-likeness (QED) is 0.842. The largest absolute Gasteiger partial charge is 0.348 e. The summed E-state index contributed by atoms with van der Waals surface area (Å²) in [6, 6.07) is 0.117. The van der Waals surface area contributed by atoms with Gasteiger partial charge in [-0.15, -0.1) is 11.3 Å². The fraction of sp³-hybridized carbons (Fsp3) is 0.667. The fourth-order valence-electron chi connectivity index (χ4n) is 2.65. The molecule has 0 spiro atoms. The van der Waals surface area contributed by atoms with Crippen molar-refractivity contribution in [3.8, 4) is 0 Å². The molecule has 1 aliphatic carbocycles. The highest BCUT2D eigenvalue weighted by atomic mass is 32.1. The molecule has 0 fully saturated rings. The van der Waals surface area contributed by atoms with E-state index in [4.69, 9.17) is 5.73 Å². The van der Waals surface area contributed by atoms with Gasteiger partial charge in [0.15, 0.2) is 0 Å². The number of amides is 1. The van der Waals surface area contributed by atoms with E-state index in [1.54, 1.807) is 11.3 Å². The van der Waals surface area contributed by atoms with Gasteiger partial charge in [-0.2, -0.15) is 0 Å². The molecule has 0 radical (unpaired) electrons. The van der Waals surface area contributed by atoms with Crippen LogP contribution in [0.3, 0.4) is 0 Å². The molecule has 3 nitrogen and oxygen atoms in total. The summed E-state index contributed by atoms with van der Waals surface area (Å²) in [7, 11) is 0. The number of thiophene rings is 1. The number of hydrogen-bond donors (Lipinski definition) is 2. The Labute approximate surface area is 119 Å². The minimum absolute atomic E-state index is 0.0750. The van der Waals surface area contributed by atoms with Crippen LogP contribution < -0.4 is 11.1 Å². The summed E-state index contributed by atoms with van der Waals surface area (Å²) in [5.41, 5.74) is 7.93. The van der Waals surface area contributed by atoms with Crippen molar-refractivity contribution in [1.82, 2.24) is 5.32 Å². The Morgan fingerprint density at radius 1 is 1.47 bits per heavy atom. The van der Waals surface area contributed by atoms with Gasteiger partial charge < -0.3 is 11.1 Å². The topological polar surface area (TPSA) is 55.1 Å². The van der Waals surface area contributed by atoms with Crippen molar-refractivity contribution in [2.75, 3.05) is 6.54 Å². The minimum atomic E-state index is 0.0750. The Balaban J connectivity index is 2.01. The molecule has 1 atom stereocenters. The first-order valence-corrected chi connectivity index (χ1v) is 8.24. The van der Waals surface area contributed by atoms with E-state index in [9.17, 15) is 4.79 Å². The second kappa shape index (κ2) is 7.06. The zero-order valence-corrected chi connectivity index (χ0v) is 12.5. The van der Waals surface area contributed by atoms with Crippen molar-refractivity contribution >= 4 is 17.2 Å². The molecule has 1 unspecified atom stereocenters. The molecular weight excluding hydrogens is 256 g/mol. The summed E-state index contributed by atoms with van der Waals surface area (Å²) in [6.45, 7) is 2.68. The van der Waals surface area contributed by atoms with Crippen molar-refractivity contribution in [2.45, 2.75) is 57.9 Å². The zero-order chi connectivity index (χ0) is 13.7. The number of rotatable bonds is 6. The Kier molecular flexibility index (Phi) is 5.40. The molecule has 0 aromatic carbocycles. The maximum atomic E-state index is 12.4. The van der Waals surface area contributed by atoms with E-state index in [1.165, 1.54) is 23.3 Å². The standard InChI is InChI=1S/C15H24N2OS/c1-2-3-6-11(9-16)17-15(18)13-10-19-14-8-5-4-7-12(13)14/h10-11H,2-9,16H2,1H3,(H,17,18). The lowest BCUT2D eigenvalue weighted by molar-refractivity contribution is 0.0935. The van der Waals surface area contributed by atoms with Gasteiger partial charge in [-0.05, 0) is 37.7 Å². The van der Waals surface area contributed by atoms with Crippen molar-refractivity contribution < 1.29 is 4.79 Å². The number of carbonyl (C=O) groups is 1. The third-order valence-corrected chi connectivity index (χ3v) is 4.92. The maximum Gasteiger partial charge on any atom is 0.252 e. The summed E-state index contributed by atoms with van der Waals surface area (Å²) in [4.78, 5) is 13.8. The van der Waals surface area contributed by atoms with Crippen molar-refractivity contribution in [3.63, 3.8) is 0 Å². The molecule has 0 bridgehead atoms. The van der Waals surface area contributed by atoms with E-state index < -0.39 is 0 Å². The van der Waals surface area contributed by atoms with E-state index in [0.29, 0.717) is 6.54 Å². The summed E-state index contributed by atoms with van der Waals surface area (Å²) >= 11 is 1.74. The number of nitrogens with one attached hydrogen (secondary N) is 1. The highest BCUT2D eigenvalue weighted by Gasteiger charge is 2.21. The van der Waals surface area contributed by atoms with Gasteiger partial charge in [-0.1, -0.05) is 19.8 Å². The number of hydrogen-bond acceptors (Lipinski definition) is 3. The van der Waals surface area contributed by atoms with Crippen LogP contribution in [-0.4, -0.2) is 18.5 Å². The molecule has 0 saturated heterocycles. The van der Waals surface area contributed by atoms with E-state index in [2.05, 4.69) is 12.2 Å². The predicted molar refractivity (Wildman–Crippen MR) is 80.8 cm³/mol. The summed E-state index contributed by atoms with van der Waals surface area (Å²) in [6.07, 6.45) is 7.90. The average Bonchev–Trinajstić information content (AvgIpc) is 2.87. The minimum Gasteiger partial charge on any atom is -0.348 e. The molecule has 1 amide bonds. The Bertz CT molecular complexity index is 428. The van der Waals surface area contributed by atoms with Crippen molar-refractivity contribution in [1.29, 1.82) is 0 Å². The smallest absolute Gasteiger partial charge is 0.252 e. The molecule has 1 aromatic heterocycles. The molecular formula is C15H24N2OS. The first-order chi connectivity index (χ1) is 9.26. The molecule has 1 heterocycles. The van der Waals surface area contributed by atoms with Crippen LogP contribution in [0.25, 0.3) is 0 Å². The molecule has 0 saturated carbocycles. The molecule has 19 heavy (non-hydrogen) atoms. The van der Waals surface area contributed by atoms with Gasteiger partial charge in [0, 0.05) is 22.8 Å². The van der Waals surface area contributed by atoms with E-state index in [1.807, 2.05) is 5.38 Å². The van der Waals surface area contributed by atoms with E-state index in [-0.39, 0.29) is 11.9 Å². The zero-order valence-electron chi connectivity index (χ0n) is 11.7. The van der Waals surface area contributed by atoms with Gasteiger partial charge in [0.2, 0.25) is 0 Å². The predicted octanol–water partition coefficient (Wildman–Crippen LogP) is 2.87. The van der Waals surface area contributed by atoms with Gasteiger partial charge >= 0.3 is 0 Å². The number of aryl methyl sites for hydroxylation is 1. The van der Waals surface area contributed by atoms with Crippen LogP contribution >= 0.6 is 11.3 Å². The van der Waals surface area contributed by atoms with Crippen LogP contribution in [-0.2, 0) is 12.8 Å². The normalized spacial score (nSPS) is 15.9. The van der Waals surface area contributed by atoms with Crippen molar-refractivity contribution in [3.05, 3.63) is 21.4 Å². The third-order valence-electron chi connectivity index (χ3n) is 3.83. The Morgan fingerprint density at radius 3 is 3.00 bits per heavy atom. The summed E-state index contributed by atoms with van der Waals surface area (Å²) < 4.78 is 0. The fourth-order valence-corrected chi connectivity index (χ4v) is 3.77. The second-order valence-corrected chi connectivity index (χ2v) is 6.27. The molecule has 0 aliphatic heterocycles. The van der Waals surface area contributed by atoms with Crippen LogP contribution in [0.4, 0.5) is 0 Å². The van der Waals surface area contributed by atoms with Crippen LogP contribution in [0, 0.1) is 0 Å². The van der Waals surface area contributed by atoms with Crippen LogP contribution in [0.1, 0.15) is 59.8 Å². The van der Waals surface area contributed by atoms with Crippen LogP contribution in [0.15, 0.2) is 5.38 Å². The maximum absolute atomic E-state index is 12.4. The SMILES string of the molecule is CCCCC(CN)NC(=O)c1csc2c1CCCC2. The number of fused-ring (bicyclic) bond motifs is 1. The third kappa shape index (κ3) is 3.57. The van der Waals surface area contributed by atoms with Gasteiger partial charge in [0.05, 0.1) is 5.56 Å². The molecule has 1 aromatic rings. The number of unbranched alkanes of at least 4 members (excludes halogenated alkanes) is 1. The molecule has 2 rings (SSSR count). The lowest BCUT2D eigenvalue weighted by Crippen LogP contribution is -2.40. The van der Waals surface area contributed by atoms with Gasteiger partial charge in [0.25, 0.3) is 5.91 Å². The first kappa shape index (κ1) is 14.5. The van der Waals surface area contributed by atoms with E-state index >= 15 is 0 Å². The lowest BCUT2D eigenvalue weighted by atomic mass is 9.95. The monoisotopic (exact) mass is 280 g/mol. The van der Waals surface area contributed by atoms with Gasteiger partial charge in [-0.25, -0.2) is 0 Å². The highest BCUT2D eigenvalue weighted by Crippen LogP contribution is 2.30. The molecule has 3 N–H and O–H groups in total. The number of nitrogens with two attached hydrogens (primary N) is 1. The lowest BCUT2D eigenvalue weighted by Gasteiger charge is -2.18. The summed E-state index contributed by atoms with van der Waals surface area (Å²) in [5.74, 6) is 0.0750. The van der Waals surface area contributed by atoms with Crippen LogP contribution in [0.5, 0.6) is 0 Å². The van der Waals surface area contributed by atoms with E-state index in [0.717, 1.165) is 37.7 Å². The average molecular weight is 280 g/mol. The summed E-state index contributed by atoms with van der Waals surface area (Å²) in [5, 5.41) is 5.12. The van der Waals surface area contributed by atoms with Gasteiger partial charge in [-0.3, -0.25) is 4.79 Å². The second-order valence-electron chi connectivity index (χ2n) is 5.31. The number of carbonyl (C=O) groups excluding carboxylic acids is 1. The molecule has 1 aliphatic rings. The highest BCUT2D eigenvalue weighted by molar-refractivity contribution is 7.10. The Morgan fingerprint density at radius 2 is 2.26 bits per heavy atom. The Hall–Kier alpha value is -0.870. The first-order valence-electron chi connectivity index (χ1n) is 7.36. The van der Waals surface area contributed by atoms with Crippen LogP contribution in [0.2, 0.25) is 0 Å². The van der Waals surface area contributed by atoms with Crippen molar-refractivity contribution in [2.24, 2.45) is 5.73 Å². The molecule has 106 valence electrons.